The Morgan fingerprint density at radius 1 is 1.18 bits per heavy atom. The zero-order chi connectivity index (χ0) is 12.8. The number of benzene rings is 1. The summed E-state index contributed by atoms with van der Waals surface area (Å²) in [6.07, 6.45) is 2.38. The molecule has 0 aliphatic rings. The van der Waals surface area contributed by atoms with Crippen molar-refractivity contribution in [2.45, 2.75) is 53.1 Å². The fourth-order valence-electron chi connectivity index (χ4n) is 2.32. The highest BCUT2D eigenvalue weighted by atomic mass is 79.9. The molecule has 0 bridgehead atoms. The average Bonchev–Trinajstić information content (AvgIpc) is 2.26. The van der Waals surface area contributed by atoms with Gasteiger partial charge in [0.15, 0.2) is 0 Å². The van der Waals surface area contributed by atoms with Crippen LogP contribution in [0.3, 0.4) is 0 Å². The van der Waals surface area contributed by atoms with Crippen LogP contribution in [-0.2, 0) is 6.54 Å². The van der Waals surface area contributed by atoms with Gasteiger partial charge in [0.25, 0.3) is 0 Å². The smallest absolute Gasteiger partial charge is 0.0213 e. The van der Waals surface area contributed by atoms with E-state index in [2.05, 4.69) is 61.1 Å². The predicted octanol–water partition coefficient (Wildman–Crippen LogP) is 4.27. The predicted molar refractivity (Wildman–Crippen MR) is 80.0 cm³/mol. The topological polar surface area (TPSA) is 12.0 Å². The quantitative estimate of drug-likeness (QED) is 0.774. The van der Waals surface area contributed by atoms with Crippen molar-refractivity contribution in [3.05, 3.63) is 34.4 Å². The van der Waals surface area contributed by atoms with Crippen LogP contribution in [0.2, 0.25) is 0 Å². The third-order valence-electron chi connectivity index (χ3n) is 3.36. The Morgan fingerprint density at radius 2 is 1.76 bits per heavy atom. The first-order chi connectivity index (χ1) is 8.08. The van der Waals surface area contributed by atoms with Gasteiger partial charge in [-0.05, 0) is 50.3 Å². The van der Waals surface area contributed by atoms with Crippen molar-refractivity contribution in [3.63, 3.8) is 0 Å². The standard InChI is InChI=1S/C15H24BrN/c1-5-14(6-7-16)17-10-15-12(3)8-11(2)9-13(15)4/h8-9,14,17H,5-7,10H2,1-4H3. The van der Waals surface area contributed by atoms with Crippen LogP contribution in [-0.4, -0.2) is 11.4 Å². The molecule has 0 spiro atoms. The molecule has 1 nitrogen and oxygen atoms in total. The van der Waals surface area contributed by atoms with Gasteiger partial charge in [-0.15, -0.1) is 0 Å². The summed E-state index contributed by atoms with van der Waals surface area (Å²) < 4.78 is 0. The molecule has 0 radical (unpaired) electrons. The van der Waals surface area contributed by atoms with Gasteiger partial charge in [0.1, 0.15) is 0 Å². The summed E-state index contributed by atoms with van der Waals surface area (Å²) in [5.41, 5.74) is 5.63. The van der Waals surface area contributed by atoms with E-state index in [-0.39, 0.29) is 0 Å². The molecule has 0 aromatic heterocycles. The zero-order valence-electron chi connectivity index (χ0n) is 11.4. The van der Waals surface area contributed by atoms with Crippen LogP contribution in [0.15, 0.2) is 12.1 Å². The molecule has 96 valence electrons. The lowest BCUT2D eigenvalue weighted by Gasteiger charge is -2.18. The van der Waals surface area contributed by atoms with E-state index in [9.17, 15) is 0 Å². The molecule has 1 aromatic carbocycles. The van der Waals surface area contributed by atoms with Crippen LogP contribution >= 0.6 is 15.9 Å². The van der Waals surface area contributed by atoms with Gasteiger partial charge in [0.05, 0.1) is 0 Å². The van der Waals surface area contributed by atoms with E-state index in [0.29, 0.717) is 6.04 Å². The molecule has 1 aromatic rings. The second-order valence-corrected chi connectivity index (χ2v) is 5.63. The van der Waals surface area contributed by atoms with Crippen molar-refractivity contribution in [1.29, 1.82) is 0 Å². The highest BCUT2D eigenvalue weighted by Crippen LogP contribution is 2.16. The second-order valence-electron chi connectivity index (χ2n) is 4.84. The van der Waals surface area contributed by atoms with Crippen molar-refractivity contribution < 1.29 is 0 Å². The number of alkyl halides is 1. The Hall–Kier alpha value is -0.340. The molecule has 0 amide bonds. The average molecular weight is 298 g/mol. The first-order valence-corrected chi connectivity index (χ1v) is 7.56. The van der Waals surface area contributed by atoms with Crippen molar-refractivity contribution in [3.8, 4) is 0 Å². The van der Waals surface area contributed by atoms with Crippen LogP contribution in [0.25, 0.3) is 0 Å². The Labute approximate surface area is 114 Å². The second kappa shape index (κ2) is 7.17. The number of halogens is 1. The molecular formula is C15H24BrN. The number of hydrogen-bond donors (Lipinski definition) is 1. The highest BCUT2D eigenvalue weighted by molar-refractivity contribution is 9.09. The molecule has 1 unspecified atom stereocenters. The van der Waals surface area contributed by atoms with Gasteiger partial charge in [0.2, 0.25) is 0 Å². The number of hydrogen-bond acceptors (Lipinski definition) is 1. The number of nitrogens with one attached hydrogen (secondary N) is 1. The van der Waals surface area contributed by atoms with Gasteiger partial charge < -0.3 is 5.32 Å². The minimum absolute atomic E-state index is 0.620. The maximum absolute atomic E-state index is 3.66. The Kier molecular flexibility index (Phi) is 6.21. The van der Waals surface area contributed by atoms with E-state index in [1.54, 1.807) is 0 Å². The van der Waals surface area contributed by atoms with Crippen LogP contribution in [0.4, 0.5) is 0 Å². The molecule has 1 rings (SSSR count). The molecule has 1 N–H and O–H groups in total. The van der Waals surface area contributed by atoms with Crippen molar-refractivity contribution in [2.24, 2.45) is 0 Å². The van der Waals surface area contributed by atoms with Crippen LogP contribution < -0.4 is 5.32 Å². The largest absolute Gasteiger partial charge is 0.310 e. The van der Waals surface area contributed by atoms with Gasteiger partial charge in [-0.1, -0.05) is 40.5 Å². The van der Waals surface area contributed by atoms with Gasteiger partial charge in [-0.3, -0.25) is 0 Å². The molecule has 0 saturated heterocycles. The molecule has 1 atom stereocenters. The fraction of sp³-hybridized carbons (Fsp3) is 0.600. The monoisotopic (exact) mass is 297 g/mol. The SMILES string of the molecule is CCC(CCBr)NCc1c(C)cc(C)cc1C. The van der Waals surface area contributed by atoms with Gasteiger partial charge in [-0.25, -0.2) is 0 Å². The number of aryl methyl sites for hydroxylation is 3. The normalized spacial score (nSPS) is 12.8. The first kappa shape index (κ1) is 14.7. The van der Waals surface area contributed by atoms with E-state index >= 15 is 0 Å². The van der Waals surface area contributed by atoms with E-state index in [0.717, 1.165) is 11.9 Å². The van der Waals surface area contributed by atoms with Crippen molar-refractivity contribution in [2.75, 3.05) is 5.33 Å². The number of rotatable bonds is 6. The minimum Gasteiger partial charge on any atom is -0.310 e. The molecule has 0 saturated carbocycles. The van der Waals surface area contributed by atoms with Crippen LogP contribution in [0.1, 0.15) is 42.0 Å². The highest BCUT2D eigenvalue weighted by Gasteiger charge is 2.08. The van der Waals surface area contributed by atoms with E-state index in [4.69, 9.17) is 0 Å². The molecule has 2 heteroatoms. The summed E-state index contributed by atoms with van der Waals surface area (Å²) in [7, 11) is 0. The van der Waals surface area contributed by atoms with Gasteiger partial charge in [0, 0.05) is 17.9 Å². The minimum atomic E-state index is 0.620. The van der Waals surface area contributed by atoms with E-state index in [1.807, 2.05) is 0 Å². The summed E-state index contributed by atoms with van der Waals surface area (Å²) in [6, 6.07) is 5.17. The summed E-state index contributed by atoms with van der Waals surface area (Å²) in [6.45, 7) is 9.82. The van der Waals surface area contributed by atoms with Gasteiger partial charge >= 0.3 is 0 Å². The summed E-state index contributed by atoms with van der Waals surface area (Å²) in [5, 5.41) is 4.73. The Balaban J connectivity index is 2.68. The van der Waals surface area contributed by atoms with Crippen LogP contribution in [0, 0.1) is 20.8 Å². The lowest BCUT2D eigenvalue weighted by atomic mass is 9.99. The Bertz CT molecular complexity index is 337. The van der Waals surface area contributed by atoms with Crippen molar-refractivity contribution >= 4 is 15.9 Å². The molecule has 0 fully saturated rings. The maximum Gasteiger partial charge on any atom is 0.0213 e. The molecule has 0 aliphatic carbocycles. The van der Waals surface area contributed by atoms with Gasteiger partial charge in [-0.2, -0.15) is 0 Å². The third kappa shape index (κ3) is 4.44. The summed E-state index contributed by atoms with van der Waals surface area (Å²) in [4.78, 5) is 0. The van der Waals surface area contributed by atoms with Crippen molar-refractivity contribution in [1.82, 2.24) is 5.32 Å². The summed E-state index contributed by atoms with van der Waals surface area (Å²) >= 11 is 3.52. The fourth-order valence-corrected chi connectivity index (χ4v) is 2.87. The third-order valence-corrected chi connectivity index (χ3v) is 3.82. The van der Waals surface area contributed by atoms with E-state index < -0.39 is 0 Å². The Morgan fingerprint density at radius 3 is 2.24 bits per heavy atom. The molecule has 17 heavy (non-hydrogen) atoms. The maximum atomic E-state index is 3.66. The molecule has 0 heterocycles. The molecule has 0 aliphatic heterocycles. The molecular weight excluding hydrogens is 274 g/mol. The lowest BCUT2D eigenvalue weighted by Crippen LogP contribution is -2.28. The van der Waals surface area contributed by atoms with Crippen LogP contribution in [0.5, 0.6) is 0 Å². The van der Waals surface area contributed by atoms with E-state index in [1.165, 1.54) is 35.1 Å². The lowest BCUT2D eigenvalue weighted by molar-refractivity contribution is 0.486. The first-order valence-electron chi connectivity index (χ1n) is 6.44. The zero-order valence-corrected chi connectivity index (χ0v) is 13.0. The summed E-state index contributed by atoms with van der Waals surface area (Å²) in [5.74, 6) is 0.